The van der Waals surface area contributed by atoms with E-state index in [1.54, 1.807) is 34.6 Å². The Morgan fingerprint density at radius 2 is 1.62 bits per heavy atom. The van der Waals surface area contributed by atoms with Crippen molar-refractivity contribution in [2.75, 3.05) is 0 Å². The molecule has 0 saturated heterocycles. The van der Waals surface area contributed by atoms with Crippen LogP contribution in [0.3, 0.4) is 0 Å². The first-order chi connectivity index (χ1) is 5.52. The topological polar surface area (TPSA) is 46.5 Å². The van der Waals surface area contributed by atoms with E-state index in [1.807, 2.05) is 6.92 Å². The van der Waals surface area contributed by atoms with Gasteiger partial charge >= 0.3 is 7.60 Å². The Bertz CT molecular complexity index is 215. The molecule has 0 amide bonds. The zero-order chi connectivity index (χ0) is 10.9. The van der Waals surface area contributed by atoms with Crippen molar-refractivity contribution < 1.29 is 14.0 Å². The van der Waals surface area contributed by atoms with E-state index in [2.05, 4.69) is 0 Å². The molecule has 13 heavy (non-hydrogen) atoms. The van der Waals surface area contributed by atoms with Gasteiger partial charge in [-0.1, -0.05) is 6.92 Å². The van der Waals surface area contributed by atoms with Gasteiger partial charge in [0.05, 0.1) is 10.8 Å². The summed E-state index contributed by atoms with van der Waals surface area (Å²) in [6.45, 7) is 10.7. The molecule has 0 fully saturated rings. The van der Waals surface area contributed by atoms with Crippen LogP contribution in [0.25, 0.3) is 0 Å². The van der Waals surface area contributed by atoms with E-state index < -0.39 is 18.4 Å². The van der Waals surface area contributed by atoms with E-state index in [4.69, 9.17) is 4.52 Å². The Labute approximate surface area is 81.0 Å². The Hall–Kier alpha value is 0.150. The van der Waals surface area contributed by atoms with Crippen molar-refractivity contribution in [3.63, 3.8) is 0 Å². The lowest BCUT2D eigenvalue weighted by Crippen LogP contribution is -2.27. The molecule has 0 bridgehead atoms. The summed E-state index contributed by atoms with van der Waals surface area (Å²) < 4.78 is 17.0. The highest BCUT2D eigenvalue weighted by molar-refractivity contribution is 7.54. The van der Waals surface area contributed by atoms with Gasteiger partial charge in [-0.3, -0.25) is 4.57 Å². The first-order valence-electron chi connectivity index (χ1n) is 4.55. The molecule has 0 radical (unpaired) electrons. The predicted molar refractivity (Wildman–Crippen MR) is 55.0 cm³/mol. The van der Waals surface area contributed by atoms with E-state index in [0.29, 0.717) is 6.42 Å². The molecule has 80 valence electrons. The number of rotatable bonds is 3. The van der Waals surface area contributed by atoms with Crippen molar-refractivity contribution >= 4 is 7.60 Å². The summed E-state index contributed by atoms with van der Waals surface area (Å²) in [5.41, 5.74) is -0.573. The van der Waals surface area contributed by atoms with Crippen molar-refractivity contribution in [3.8, 4) is 0 Å². The summed E-state index contributed by atoms with van der Waals surface area (Å²) in [4.78, 5) is 9.71. The van der Waals surface area contributed by atoms with Gasteiger partial charge in [0.2, 0.25) is 0 Å². The summed E-state index contributed by atoms with van der Waals surface area (Å²) in [5, 5.41) is -0.666. The molecule has 0 spiro atoms. The maximum Gasteiger partial charge on any atom is 0.334 e. The van der Waals surface area contributed by atoms with Crippen LogP contribution >= 0.6 is 7.60 Å². The van der Waals surface area contributed by atoms with Gasteiger partial charge in [-0.25, -0.2) is 0 Å². The van der Waals surface area contributed by atoms with Gasteiger partial charge in [0.15, 0.2) is 0 Å². The Morgan fingerprint density at radius 3 is 1.85 bits per heavy atom. The predicted octanol–water partition coefficient (Wildman–Crippen LogP) is 3.18. The van der Waals surface area contributed by atoms with E-state index in [1.165, 1.54) is 0 Å². The zero-order valence-corrected chi connectivity index (χ0v) is 10.3. The summed E-state index contributed by atoms with van der Waals surface area (Å²) in [6.07, 6.45) is 0.622. The average molecular weight is 208 g/mol. The smallest absolute Gasteiger partial charge is 0.324 e. The summed E-state index contributed by atoms with van der Waals surface area (Å²) >= 11 is 0. The second-order valence-corrected chi connectivity index (χ2v) is 7.32. The van der Waals surface area contributed by atoms with Gasteiger partial charge in [0.25, 0.3) is 0 Å². The zero-order valence-electron chi connectivity index (χ0n) is 9.42. The maximum atomic E-state index is 11.8. The van der Waals surface area contributed by atoms with Gasteiger partial charge < -0.3 is 9.42 Å². The van der Waals surface area contributed by atoms with E-state index >= 15 is 0 Å². The third-order valence-corrected chi connectivity index (χ3v) is 4.67. The molecule has 0 heterocycles. The molecule has 0 aliphatic carbocycles. The summed E-state index contributed by atoms with van der Waals surface area (Å²) in [6, 6.07) is 0. The minimum absolute atomic E-state index is 0.573. The largest absolute Gasteiger partial charge is 0.334 e. The number of hydrogen-bond donors (Lipinski definition) is 1. The fourth-order valence-corrected chi connectivity index (χ4v) is 2.08. The van der Waals surface area contributed by atoms with Crippen molar-refractivity contribution in [1.82, 2.24) is 0 Å². The average Bonchev–Trinajstić information content (AvgIpc) is 1.81. The maximum absolute atomic E-state index is 11.8. The lowest BCUT2D eigenvalue weighted by molar-refractivity contribution is 0.102. The van der Waals surface area contributed by atoms with Crippen LogP contribution in [-0.4, -0.2) is 15.7 Å². The van der Waals surface area contributed by atoms with Crippen LogP contribution in [0.15, 0.2) is 0 Å². The first-order valence-corrected chi connectivity index (χ1v) is 6.13. The summed E-state index contributed by atoms with van der Waals surface area (Å²) in [5.74, 6) is 0. The quantitative estimate of drug-likeness (QED) is 0.724. The molecule has 0 aromatic rings. The molecule has 4 heteroatoms. The SMILES string of the molecule is CCC(C)(C)P(=O)(O)OC(C)(C)C. The van der Waals surface area contributed by atoms with Crippen molar-refractivity contribution in [3.05, 3.63) is 0 Å². The molecule has 0 aliphatic heterocycles. The molecule has 0 saturated carbocycles. The van der Waals surface area contributed by atoms with Crippen molar-refractivity contribution in [1.29, 1.82) is 0 Å². The molecule has 3 nitrogen and oxygen atoms in total. The van der Waals surface area contributed by atoms with Gasteiger partial charge in [0.1, 0.15) is 0 Å². The monoisotopic (exact) mass is 208 g/mol. The fraction of sp³-hybridized carbons (Fsp3) is 1.00. The fourth-order valence-electron chi connectivity index (χ4n) is 0.695. The molecular weight excluding hydrogens is 187 g/mol. The van der Waals surface area contributed by atoms with E-state index in [-0.39, 0.29) is 0 Å². The molecule has 1 atom stereocenters. The van der Waals surface area contributed by atoms with Crippen LogP contribution in [0.4, 0.5) is 0 Å². The standard InChI is InChI=1S/C9H21O3P/c1-7-9(5,6)13(10,11)12-8(2,3)4/h7H2,1-6H3,(H,10,11). The second-order valence-electron chi connectivity index (χ2n) is 4.89. The second kappa shape index (κ2) is 3.72. The van der Waals surface area contributed by atoms with Gasteiger partial charge in [-0.15, -0.1) is 0 Å². The molecule has 1 unspecified atom stereocenters. The van der Waals surface area contributed by atoms with Crippen LogP contribution in [0.5, 0.6) is 0 Å². The normalized spacial score (nSPS) is 18.4. The van der Waals surface area contributed by atoms with Gasteiger partial charge in [-0.05, 0) is 41.0 Å². The molecular formula is C9H21O3P. The Morgan fingerprint density at radius 1 is 1.23 bits per heavy atom. The van der Waals surface area contributed by atoms with Gasteiger partial charge in [0, 0.05) is 0 Å². The minimum atomic E-state index is -3.52. The van der Waals surface area contributed by atoms with Gasteiger partial charge in [-0.2, -0.15) is 0 Å². The van der Waals surface area contributed by atoms with Crippen LogP contribution < -0.4 is 0 Å². The highest BCUT2D eigenvalue weighted by atomic mass is 31.2. The van der Waals surface area contributed by atoms with Crippen LogP contribution in [-0.2, 0) is 9.09 Å². The minimum Gasteiger partial charge on any atom is -0.324 e. The Balaban J connectivity index is 4.69. The molecule has 0 aliphatic rings. The summed E-state index contributed by atoms with van der Waals surface area (Å²) in [7, 11) is -3.52. The Kier molecular flexibility index (Phi) is 3.76. The highest BCUT2D eigenvalue weighted by Gasteiger charge is 2.41. The van der Waals surface area contributed by atoms with Crippen LogP contribution in [0, 0.1) is 0 Å². The van der Waals surface area contributed by atoms with Crippen LogP contribution in [0.1, 0.15) is 48.0 Å². The van der Waals surface area contributed by atoms with Crippen LogP contribution in [0.2, 0.25) is 0 Å². The van der Waals surface area contributed by atoms with E-state index in [9.17, 15) is 9.46 Å². The lowest BCUT2D eigenvalue weighted by Gasteiger charge is -2.33. The third kappa shape index (κ3) is 3.80. The molecule has 0 rings (SSSR count). The first kappa shape index (κ1) is 13.2. The third-order valence-electron chi connectivity index (χ3n) is 2.03. The molecule has 0 aromatic carbocycles. The molecule has 1 N–H and O–H groups in total. The van der Waals surface area contributed by atoms with Crippen molar-refractivity contribution in [2.24, 2.45) is 0 Å². The highest BCUT2D eigenvalue weighted by Crippen LogP contribution is 2.58. The van der Waals surface area contributed by atoms with Crippen molar-refractivity contribution in [2.45, 2.75) is 58.7 Å². The number of hydrogen-bond acceptors (Lipinski definition) is 2. The lowest BCUT2D eigenvalue weighted by atomic mass is 10.1. The molecule has 0 aromatic heterocycles. The van der Waals surface area contributed by atoms with E-state index in [0.717, 1.165) is 0 Å².